The van der Waals surface area contributed by atoms with Gasteiger partial charge in [-0.2, -0.15) is 4.98 Å². The van der Waals surface area contributed by atoms with Gasteiger partial charge >= 0.3 is 5.69 Å². The fraction of sp³-hybridized carbons (Fsp3) is 0.583. The highest BCUT2D eigenvalue weighted by Crippen LogP contribution is 2.30. The first-order chi connectivity index (χ1) is 8.95. The molecule has 1 aromatic heterocycles. The van der Waals surface area contributed by atoms with Gasteiger partial charge in [0.2, 0.25) is 0 Å². The zero-order chi connectivity index (χ0) is 14.0. The summed E-state index contributed by atoms with van der Waals surface area (Å²) in [7, 11) is 0. The lowest BCUT2D eigenvalue weighted by atomic mass is 9.80. The highest BCUT2D eigenvalue weighted by atomic mass is 32.2. The lowest BCUT2D eigenvalue weighted by Gasteiger charge is -2.36. The number of aromatic nitrogens is 2. The molecule has 19 heavy (non-hydrogen) atoms. The second-order valence-electron chi connectivity index (χ2n) is 4.81. The monoisotopic (exact) mass is 283 g/mol. The first kappa shape index (κ1) is 14.1. The van der Waals surface area contributed by atoms with Gasteiger partial charge in [0.25, 0.3) is 5.91 Å². The molecule has 0 atom stereocenters. The normalized spacial score (nSPS) is 16.8. The molecule has 0 saturated heterocycles. The number of thioether (sulfide) groups is 1. The molecule has 0 radical (unpaired) electrons. The molecule has 0 aromatic carbocycles. The molecule has 0 aliphatic heterocycles. The van der Waals surface area contributed by atoms with Crippen LogP contribution in [-0.4, -0.2) is 39.4 Å². The molecule has 104 valence electrons. The number of amides is 1. The molecule has 1 aliphatic carbocycles. The maximum Gasteiger partial charge on any atom is 0.346 e. The van der Waals surface area contributed by atoms with E-state index >= 15 is 0 Å². The smallest absolute Gasteiger partial charge is 0.346 e. The average Bonchev–Trinajstić information content (AvgIpc) is 2.32. The van der Waals surface area contributed by atoms with Crippen LogP contribution in [0.1, 0.15) is 35.3 Å². The van der Waals surface area contributed by atoms with Gasteiger partial charge in [0.05, 0.1) is 11.2 Å². The number of aromatic amines is 1. The van der Waals surface area contributed by atoms with Gasteiger partial charge < -0.3 is 15.4 Å². The van der Waals surface area contributed by atoms with Crippen molar-refractivity contribution in [1.82, 2.24) is 15.3 Å². The average molecular weight is 283 g/mol. The predicted molar refractivity (Wildman–Crippen MR) is 72.5 cm³/mol. The topological polar surface area (TPSA) is 95.1 Å². The van der Waals surface area contributed by atoms with Crippen LogP contribution < -0.4 is 11.0 Å². The van der Waals surface area contributed by atoms with Gasteiger partial charge in [-0.1, -0.05) is 0 Å². The summed E-state index contributed by atoms with van der Waals surface area (Å²) < 4.78 is 0. The molecule has 1 heterocycles. The maximum atomic E-state index is 12.1. The van der Waals surface area contributed by atoms with Gasteiger partial charge in [0.15, 0.2) is 0 Å². The molecule has 1 aliphatic rings. The van der Waals surface area contributed by atoms with Crippen molar-refractivity contribution in [2.24, 2.45) is 0 Å². The largest absolute Gasteiger partial charge is 0.388 e. The van der Waals surface area contributed by atoms with E-state index in [4.69, 9.17) is 0 Å². The summed E-state index contributed by atoms with van der Waals surface area (Å²) in [4.78, 5) is 29.7. The van der Waals surface area contributed by atoms with Crippen molar-refractivity contribution in [3.05, 3.63) is 21.7 Å². The van der Waals surface area contributed by atoms with Crippen molar-refractivity contribution in [3.8, 4) is 0 Å². The number of H-pyrrole nitrogens is 1. The highest BCUT2D eigenvalue weighted by Gasteiger charge is 2.34. The number of carbonyl (C=O) groups excluding carboxylic acids is 1. The summed E-state index contributed by atoms with van der Waals surface area (Å²) in [5, 5.41) is 13.1. The van der Waals surface area contributed by atoms with Crippen LogP contribution in [0.5, 0.6) is 0 Å². The Hall–Kier alpha value is -1.34. The number of hydrogen-bond acceptors (Lipinski definition) is 5. The molecule has 2 rings (SSSR count). The zero-order valence-electron chi connectivity index (χ0n) is 10.9. The highest BCUT2D eigenvalue weighted by molar-refractivity contribution is 7.98. The SMILES string of the molecule is CSc1nc(=O)[nH]c(C)c1C(=O)NCC1(O)CCC1. The van der Waals surface area contributed by atoms with Crippen LogP contribution in [0.15, 0.2) is 9.82 Å². The van der Waals surface area contributed by atoms with Crippen molar-refractivity contribution in [3.63, 3.8) is 0 Å². The lowest BCUT2D eigenvalue weighted by Crippen LogP contribution is -2.48. The lowest BCUT2D eigenvalue weighted by molar-refractivity contribution is -0.0300. The fourth-order valence-corrected chi connectivity index (χ4v) is 2.69. The third-order valence-electron chi connectivity index (χ3n) is 3.37. The Morgan fingerprint density at radius 1 is 1.58 bits per heavy atom. The van der Waals surface area contributed by atoms with Crippen LogP contribution >= 0.6 is 11.8 Å². The van der Waals surface area contributed by atoms with E-state index in [-0.39, 0.29) is 12.5 Å². The van der Waals surface area contributed by atoms with Gasteiger partial charge in [-0.3, -0.25) is 4.79 Å². The van der Waals surface area contributed by atoms with E-state index in [2.05, 4.69) is 15.3 Å². The molecule has 7 heteroatoms. The van der Waals surface area contributed by atoms with Crippen LogP contribution in [-0.2, 0) is 0 Å². The molecule has 0 unspecified atom stereocenters. The molecule has 1 saturated carbocycles. The van der Waals surface area contributed by atoms with Crippen LogP contribution in [0.25, 0.3) is 0 Å². The number of hydrogen-bond donors (Lipinski definition) is 3. The summed E-state index contributed by atoms with van der Waals surface area (Å²) >= 11 is 1.25. The van der Waals surface area contributed by atoms with E-state index in [1.165, 1.54) is 11.8 Å². The summed E-state index contributed by atoms with van der Waals surface area (Å²) in [5.74, 6) is -0.314. The number of carbonyl (C=O) groups is 1. The Labute approximate surface area is 115 Å². The number of aliphatic hydroxyl groups is 1. The molecule has 1 aromatic rings. The van der Waals surface area contributed by atoms with Crippen molar-refractivity contribution in [2.45, 2.75) is 36.8 Å². The van der Waals surface area contributed by atoms with Gasteiger partial charge in [-0.05, 0) is 32.4 Å². The molecule has 3 N–H and O–H groups in total. The van der Waals surface area contributed by atoms with E-state index in [1.807, 2.05) is 0 Å². The molecule has 1 amide bonds. The Morgan fingerprint density at radius 2 is 2.26 bits per heavy atom. The van der Waals surface area contributed by atoms with Crippen LogP contribution in [0, 0.1) is 6.92 Å². The molecule has 6 nitrogen and oxygen atoms in total. The summed E-state index contributed by atoms with van der Waals surface area (Å²) in [6.07, 6.45) is 4.18. The Morgan fingerprint density at radius 3 is 2.79 bits per heavy atom. The predicted octanol–water partition coefficient (Wildman–Crippen LogP) is 0.445. The maximum absolute atomic E-state index is 12.1. The third-order valence-corrected chi connectivity index (χ3v) is 4.05. The minimum absolute atomic E-state index is 0.234. The number of aryl methyl sites for hydroxylation is 1. The van der Waals surface area contributed by atoms with Crippen molar-refractivity contribution >= 4 is 17.7 Å². The Kier molecular flexibility index (Phi) is 3.96. The number of rotatable bonds is 4. The van der Waals surface area contributed by atoms with E-state index in [0.29, 0.717) is 29.1 Å². The standard InChI is InChI=1S/C12H17N3O3S/c1-7-8(10(19-2)15-11(17)14-7)9(16)13-6-12(18)4-3-5-12/h18H,3-6H2,1-2H3,(H,13,16)(H,14,15,17). The number of nitrogens with zero attached hydrogens (tertiary/aromatic N) is 1. The molecule has 0 spiro atoms. The van der Waals surface area contributed by atoms with Crippen molar-refractivity contribution in [1.29, 1.82) is 0 Å². The second kappa shape index (κ2) is 5.34. The van der Waals surface area contributed by atoms with Gasteiger partial charge in [-0.15, -0.1) is 11.8 Å². The molecular formula is C12H17N3O3S. The minimum Gasteiger partial charge on any atom is -0.388 e. The molecular weight excluding hydrogens is 266 g/mol. The molecule has 0 bridgehead atoms. The first-order valence-corrected chi connectivity index (χ1v) is 7.33. The van der Waals surface area contributed by atoms with E-state index < -0.39 is 11.3 Å². The Balaban J connectivity index is 2.16. The zero-order valence-corrected chi connectivity index (χ0v) is 11.8. The second-order valence-corrected chi connectivity index (χ2v) is 5.61. The summed E-state index contributed by atoms with van der Waals surface area (Å²) in [5.41, 5.74) is -0.368. The van der Waals surface area contributed by atoms with Crippen molar-refractivity contribution < 1.29 is 9.90 Å². The van der Waals surface area contributed by atoms with Crippen molar-refractivity contribution in [2.75, 3.05) is 12.8 Å². The first-order valence-electron chi connectivity index (χ1n) is 6.11. The summed E-state index contributed by atoms with van der Waals surface area (Å²) in [6.45, 7) is 1.90. The Bertz CT molecular complexity index is 552. The van der Waals surface area contributed by atoms with Gasteiger partial charge in [0.1, 0.15) is 5.03 Å². The van der Waals surface area contributed by atoms with E-state index in [9.17, 15) is 14.7 Å². The number of nitrogens with one attached hydrogen (secondary N) is 2. The van der Waals surface area contributed by atoms with Crippen LogP contribution in [0.2, 0.25) is 0 Å². The van der Waals surface area contributed by atoms with E-state index in [0.717, 1.165) is 6.42 Å². The fourth-order valence-electron chi connectivity index (χ4n) is 2.07. The van der Waals surface area contributed by atoms with Gasteiger partial charge in [-0.25, -0.2) is 4.79 Å². The minimum atomic E-state index is -0.765. The summed E-state index contributed by atoms with van der Waals surface area (Å²) in [6, 6.07) is 0. The van der Waals surface area contributed by atoms with E-state index in [1.54, 1.807) is 13.2 Å². The quantitative estimate of drug-likeness (QED) is 0.551. The third kappa shape index (κ3) is 2.98. The van der Waals surface area contributed by atoms with Crippen LogP contribution in [0.3, 0.4) is 0 Å². The van der Waals surface area contributed by atoms with Crippen LogP contribution in [0.4, 0.5) is 0 Å². The van der Waals surface area contributed by atoms with Gasteiger partial charge in [0, 0.05) is 12.2 Å². The molecule has 1 fully saturated rings.